The van der Waals surface area contributed by atoms with Crippen LogP contribution in [0.3, 0.4) is 0 Å². The number of fused-ring (bicyclic) bond motifs is 2. The number of benzene rings is 2. The van der Waals surface area contributed by atoms with Crippen LogP contribution in [-0.4, -0.2) is 34.2 Å². The minimum absolute atomic E-state index is 0.206. The first-order chi connectivity index (χ1) is 14.9. The number of nitrogens with one attached hydrogen (secondary N) is 2. The van der Waals surface area contributed by atoms with Gasteiger partial charge >= 0.3 is 6.18 Å². The lowest BCUT2D eigenvalue weighted by Gasteiger charge is -2.49. The molecule has 4 rings (SSSR count). The number of rotatable bonds is 3. The van der Waals surface area contributed by atoms with Crippen molar-refractivity contribution in [3.63, 3.8) is 0 Å². The molecule has 3 N–H and O–H groups in total. The van der Waals surface area contributed by atoms with Crippen LogP contribution in [0, 0.1) is 0 Å². The van der Waals surface area contributed by atoms with Gasteiger partial charge in [-0.15, -0.1) is 0 Å². The molecule has 0 radical (unpaired) electrons. The number of halogens is 4. The van der Waals surface area contributed by atoms with Crippen molar-refractivity contribution in [3.8, 4) is 5.75 Å². The predicted molar refractivity (Wildman–Crippen MR) is 115 cm³/mol. The first kappa shape index (κ1) is 22.4. The zero-order valence-electron chi connectivity index (χ0n) is 17.5. The number of methoxy groups -OCH3 is 1. The van der Waals surface area contributed by atoms with E-state index in [1.54, 1.807) is 19.9 Å². The highest BCUT2D eigenvalue weighted by Gasteiger charge is 2.64. The van der Waals surface area contributed by atoms with Gasteiger partial charge in [0.2, 0.25) is 0 Å². The largest absolute Gasteiger partial charge is 0.495 e. The number of nitrogens with zero attached hydrogens (tertiary/aromatic N) is 1. The van der Waals surface area contributed by atoms with Gasteiger partial charge in [0.15, 0.2) is 5.60 Å². The summed E-state index contributed by atoms with van der Waals surface area (Å²) in [5.41, 5.74) is -3.78. The second-order valence-corrected chi connectivity index (χ2v) is 8.98. The maximum absolute atomic E-state index is 14.3. The summed E-state index contributed by atoms with van der Waals surface area (Å²) in [6.45, 7) is 3.22. The number of aromatic amines is 1. The van der Waals surface area contributed by atoms with Gasteiger partial charge in [0.25, 0.3) is 5.56 Å². The van der Waals surface area contributed by atoms with Gasteiger partial charge in [0, 0.05) is 16.6 Å². The zero-order valence-corrected chi connectivity index (χ0v) is 18.2. The molecule has 6 nitrogen and oxygen atoms in total. The Bertz CT molecular complexity index is 1260. The highest BCUT2D eigenvalue weighted by Crippen LogP contribution is 2.57. The fourth-order valence-electron chi connectivity index (χ4n) is 4.69. The van der Waals surface area contributed by atoms with Crippen molar-refractivity contribution < 1.29 is 23.0 Å². The molecule has 170 valence electrons. The number of aromatic nitrogens is 2. The highest BCUT2D eigenvalue weighted by molar-refractivity contribution is 6.32. The Kier molecular flexibility index (Phi) is 5.17. The van der Waals surface area contributed by atoms with Crippen LogP contribution >= 0.6 is 11.6 Å². The maximum Gasteiger partial charge on any atom is 0.419 e. The highest BCUT2D eigenvalue weighted by atomic mass is 35.5. The van der Waals surface area contributed by atoms with Crippen LogP contribution in [-0.2, 0) is 5.41 Å². The van der Waals surface area contributed by atoms with Crippen LogP contribution in [0.15, 0.2) is 41.3 Å². The lowest BCUT2D eigenvalue weighted by Crippen LogP contribution is -2.58. The molecule has 10 heteroatoms. The summed E-state index contributed by atoms with van der Waals surface area (Å²) in [6, 6.07) is 5.93. The SMILES string of the molecule is COc1c(Cl)ccc2c1C(C)(C)CC(O)(C(F)(F)F)C2Nc1cccc2c(=O)[nH]ncc12. The topological polar surface area (TPSA) is 87.2 Å². The van der Waals surface area contributed by atoms with Crippen molar-refractivity contribution in [3.05, 3.63) is 63.0 Å². The van der Waals surface area contributed by atoms with Gasteiger partial charge in [-0.3, -0.25) is 4.79 Å². The van der Waals surface area contributed by atoms with E-state index in [1.165, 1.54) is 37.6 Å². The molecule has 0 bridgehead atoms. The Morgan fingerprint density at radius 3 is 2.62 bits per heavy atom. The minimum atomic E-state index is -4.95. The summed E-state index contributed by atoms with van der Waals surface area (Å²) in [5.74, 6) is 0.265. The quantitative estimate of drug-likeness (QED) is 0.519. The van der Waals surface area contributed by atoms with Gasteiger partial charge in [0.1, 0.15) is 5.75 Å². The Balaban J connectivity index is 1.99. The molecule has 0 amide bonds. The predicted octanol–water partition coefficient (Wildman–Crippen LogP) is 4.71. The normalized spacial score (nSPS) is 22.4. The lowest BCUT2D eigenvalue weighted by atomic mass is 9.63. The molecule has 2 atom stereocenters. The van der Waals surface area contributed by atoms with E-state index in [4.69, 9.17) is 16.3 Å². The molecule has 0 saturated heterocycles. The van der Waals surface area contributed by atoms with Gasteiger partial charge < -0.3 is 15.2 Å². The van der Waals surface area contributed by atoms with E-state index >= 15 is 0 Å². The van der Waals surface area contributed by atoms with Crippen LogP contribution < -0.4 is 15.6 Å². The number of anilines is 1. The summed E-state index contributed by atoms with van der Waals surface area (Å²) in [7, 11) is 1.40. The summed E-state index contributed by atoms with van der Waals surface area (Å²) in [5, 5.41) is 20.9. The monoisotopic (exact) mass is 467 g/mol. The average Bonchev–Trinajstić information content (AvgIpc) is 2.70. The first-order valence-electron chi connectivity index (χ1n) is 9.79. The fraction of sp³-hybridized carbons (Fsp3) is 0.364. The molecule has 2 unspecified atom stereocenters. The Morgan fingerprint density at radius 1 is 1.25 bits per heavy atom. The van der Waals surface area contributed by atoms with E-state index < -0.39 is 35.2 Å². The van der Waals surface area contributed by atoms with Crippen molar-refractivity contribution >= 4 is 28.1 Å². The summed E-state index contributed by atoms with van der Waals surface area (Å²) in [6.07, 6.45) is -4.23. The molecule has 1 aliphatic rings. The van der Waals surface area contributed by atoms with E-state index in [1.807, 2.05) is 0 Å². The van der Waals surface area contributed by atoms with Gasteiger partial charge in [-0.05, 0) is 35.6 Å². The van der Waals surface area contributed by atoms with Gasteiger partial charge in [0.05, 0.1) is 29.8 Å². The van der Waals surface area contributed by atoms with E-state index in [0.717, 1.165) is 0 Å². The maximum atomic E-state index is 14.3. The molecule has 0 aliphatic heterocycles. The van der Waals surface area contributed by atoms with Gasteiger partial charge in [-0.1, -0.05) is 37.6 Å². The van der Waals surface area contributed by atoms with Crippen molar-refractivity contribution in [2.75, 3.05) is 12.4 Å². The third-order valence-corrected chi connectivity index (χ3v) is 6.32. The number of aliphatic hydroxyl groups is 1. The number of hydrogen-bond acceptors (Lipinski definition) is 5. The third-order valence-electron chi connectivity index (χ3n) is 6.02. The number of H-pyrrole nitrogens is 1. The molecule has 0 saturated carbocycles. The standard InChI is InChI=1S/C22H21ClF3N3O3/c1-20(2)10-21(31,22(24,25)26)18(12-7-8-14(23)17(32-3)16(12)20)28-15-6-4-5-11-13(15)9-27-29-19(11)30/h4-9,18,28,31H,10H2,1-3H3,(H,29,30). The van der Waals surface area contributed by atoms with E-state index in [-0.39, 0.29) is 27.4 Å². The number of hydrogen-bond donors (Lipinski definition) is 3. The Labute approximate surface area is 186 Å². The molecule has 1 heterocycles. The zero-order chi connectivity index (χ0) is 23.5. The van der Waals surface area contributed by atoms with Crippen molar-refractivity contribution in [2.45, 2.75) is 43.5 Å². The smallest absolute Gasteiger partial charge is 0.419 e. The Hall–Kier alpha value is -2.78. The van der Waals surface area contributed by atoms with E-state index in [9.17, 15) is 23.1 Å². The van der Waals surface area contributed by atoms with Crippen molar-refractivity contribution in [1.29, 1.82) is 0 Å². The van der Waals surface area contributed by atoms with Gasteiger partial charge in [-0.25, -0.2) is 5.10 Å². The van der Waals surface area contributed by atoms with Crippen LogP contribution in [0.5, 0.6) is 5.75 Å². The number of alkyl halides is 3. The van der Waals surface area contributed by atoms with Crippen LogP contribution in [0.2, 0.25) is 5.02 Å². The third kappa shape index (κ3) is 3.31. The van der Waals surface area contributed by atoms with Crippen LogP contribution in [0.1, 0.15) is 37.4 Å². The second-order valence-electron chi connectivity index (χ2n) is 8.57. The first-order valence-corrected chi connectivity index (χ1v) is 10.2. The molecule has 3 aromatic rings. The number of ether oxygens (including phenoxy) is 1. The van der Waals surface area contributed by atoms with Crippen LogP contribution in [0.25, 0.3) is 10.8 Å². The molecular formula is C22H21ClF3N3O3. The molecule has 32 heavy (non-hydrogen) atoms. The summed E-state index contributed by atoms with van der Waals surface area (Å²) in [4.78, 5) is 12.1. The van der Waals surface area contributed by atoms with E-state index in [0.29, 0.717) is 10.9 Å². The minimum Gasteiger partial charge on any atom is -0.495 e. The Morgan fingerprint density at radius 2 is 1.97 bits per heavy atom. The summed E-state index contributed by atoms with van der Waals surface area (Å²) >= 11 is 6.28. The molecule has 0 spiro atoms. The fourth-order valence-corrected chi connectivity index (χ4v) is 4.93. The lowest BCUT2D eigenvalue weighted by molar-refractivity contribution is -0.275. The van der Waals surface area contributed by atoms with Gasteiger partial charge in [-0.2, -0.15) is 18.3 Å². The molecule has 1 aliphatic carbocycles. The molecule has 1 aromatic heterocycles. The van der Waals surface area contributed by atoms with Crippen LogP contribution in [0.4, 0.5) is 18.9 Å². The van der Waals surface area contributed by atoms with Crippen molar-refractivity contribution in [2.24, 2.45) is 0 Å². The van der Waals surface area contributed by atoms with Crippen molar-refractivity contribution in [1.82, 2.24) is 10.2 Å². The molecule has 0 fully saturated rings. The molecule has 2 aromatic carbocycles. The van der Waals surface area contributed by atoms with E-state index in [2.05, 4.69) is 15.5 Å². The molecular weight excluding hydrogens is 447 g/mol. The second kappa shape index (κ2) is 7.38. The average molecular weight is 468 g/mol. The summed E-state index contributed by atoms with van der Waals surface area (Å²) < 4.78 is 48.5.